The minimum Gasteiger partial charge on any atom is -0.201 e. The lowest BCUT2D eigenvalue weighted by atomic mass is 9.94. The molecule has 8 atom stereocenters. The van der Waals surface area contributed by atoms with Crippen LogP contribution in [0.25, 0.3) is 73.4 Å². The van der Waals surface area contributed by atoms with Gasteiger partial charge < -0.3 is 0 Å². The highest BCUT2D eigenvalue weighted by Gasteiger charge is 2.44. The van der Waals surface area contributed by atoms with Gasteiger partial charge in [0.25, 0.3) is 0 Å². The van der Waals surface area contributed by atoms with Crippen molar-refractivity contribution in [3.63, 3.8) is 0 Å². The van der Waals surface area contributed by atoms with Crippen molar-refractivity contribution in [1.29, 1.82) is 0 Å². The second-order valence-corrected chi connectivity index (χ2v) is 23.5. The van der Waals surface area contributed by atoms with E-state index in [1.807, 2.05) is 111 Å². The predicted octanol–water partition coefficient (Wildman–Crippen LogP) is 23.4. The minimum atomic E-state index is 0. The van der Waals surface area contributed by atoms with Crippen molar-refractivity contribution in [2.75, 3.05) is 0 Å². The third kappa shape index (κ3) is 20.7. The van der Waals surface area contributed by atoms with Crippen LogP contribution in [0, 0.1) is 55.3 Å². The number of hydrogen-bond acceptors (Lipinski definition) is 0. The summed E-state index contributed by atoms with van der Waals surface area (Å²) < 4.78 is 9.09. The van der Waals surface area contributed by atoms with Gasteiger partial charge in [0, 0.05) is 68.1 Å². The van der Waals surface area contributed by atoms with Crippen LogP contribution in [0.15, 0.2) is 188 Å². The largest absolute Gasteiger partial charge is 0.213 e. The van der Waals surface area contributed by atoms with Crippen LogP contribution in [0.1, 0.15) is 220 Å². The SMILES string of the molecule is C.C.C.C.CC.CC.CC.CC.CC.CC.CC.CC.CC1=C(c2cc3ccccc3c[n+]2C)C2CC2C=C1.CC1=CC2CC2C=C1c1cc2ccccc2c[n+]1C.Cc1ccccc1-c1cc2c(c[n+]1C)=CC1CC1C=2.Cc1ccccc1-c1cc2c(c[n+]1C)C1CC1C=C2. The lowest BCUT2D eigenvalue weighted by Crippen LogP contribution is -2.42. The Hall–Kier alpha value is -7.56. The van der Waals surface area contributed by atoms with Crippen molar-refractivity contribution in [2.45, 2.75) is 200 Å². The molecule has 0 spiro atoms. The molecule has 4 heteroatoms. The average Bonchev–Trinajstić information content (AvgIpc) is 1.61. The molecule has 0 aliphatic heterocycles. The summed E-state index contributed by atoms with van der Waals surface area (Å²) in [6.07, 6.45) is 33.7. The van der Waals surface area contributed by atoms with E-state index in [1.165, 1.54) is 131 Å². The number of hydrogen-bond donors (Lipinski definition) is 0. The molecule has 0 saturated heterocycles. The summed E-state index contributed by atoms with van der Waals surface area (Å²) >= 11 is 0. The van der Waals surface area contributed by atoms with Crippen LogP contribution in [0.2, 0.25) is 0 Å². The molecular weight excluding hydrogens is 1160 g/mol. The predicted molar refractivity (Wildman–Crippen MR) is 430 cm³/mol. The van der Waals surface area contributed by atoms with E-state index in [2.05, 4.69) is 269 Å². The summed E-state index contributed by atoms with van der Waals surface area (Å²) in [5, 5.41) is 8.08. The first-order valence-corrected chi connectivity index (χ1v) is 36.1. The van der Waals surface area contributed by atoms with Crippen molar-refractivity contribution in [1.82, 2.24) is 0 Å². The van der Waals surface area contributed by atoms with E-state index in [0.717, 1.165) is 47.3 Å². The van der Waals surface area contributed by atoms with Gasteiger partial charge in [-0.05, 0) is 169 Å². The molecule has 0 bridgehead atoms. The minimum absolute atomic E-state index is 0. The van der Waals surface area contributed by atoms with E-state index in [4.69, 9.17) is 0 Å². The molecule has 4 heterocycles. The molecule has 4 saturated carbocycles. The highest BCUT2D eigenvalue weighted by atomic mass is 14.9. The Bertz CT molecular complexity index is 3990. The third-order valence-electron chi connectivity index (χ3n) is 17.9. The van der Waals surface area contributed by atoms with Gasteiger partial charge in [0.05, 0.1) is 0 Å². The number of aromatic nitrogens is 4. The molecule has 0 amide bonds. The molecule has 4 aromatic carbocycles. The number of aryl methyl sites for hydroxylation is 6. The number of nitrogens with zero attached hydrogens (tertiary/aromatic N) is 4. The molecule has 16 rings (SSSR count). The summed E-state index contributed by atoms with van der Waals surface area (Å²) in [4.78, 5) is 0. The molecule has 4 aromatic heterocycles. The summed E-state index contributed by atoms with van der Waals surface area (Å²) in [5.41, 5.74) is 19.5. The second kappa shape index (κ2) is 42.2. The zero-order valence-corrected chi connectivity index (χ0v) is 61.7. The van der Waals surface area contributed by atoms with E-state index in [0.29, 0.717) is 0 Å². The van der Waals surface area contributed by atoms with Crippen LogP contribution < -0.4 is 28.7 Å². The topological polar surface area (TPSA) is 15.5 Å². The zero-order chi connectivity index (χ0) is 67.9. The van der Waals surface area contributed by atoms with E-state index in [9.17, 15) is 0 Å². The third-order valence-corrected chi connectivity index (χ3v) is 17.9. The van der Waals surface area contributed by atoms with Crippen LogP contribution >= 0.6 is 0 Å². The monoisotopic (exact) mass is 1300 g/mol. The van der Waals surface area contributed by atoms with Gasteiger partial charge in [-0.25, -0.2) is 18.3 Å². The molecule has 0 radical (unpaired) electrons. The van der Waals surface area contributed by atoms with Gasteiger partial charge in [-0.2, -0.15) is 0 Å². The van der Waals surface area contributed by atoms with Gasteiger partial charge in [0.2, 0.25) is 22.8 Å². The summed E-state index contributed by atoms with van der Waals surface area (Å²) in [6.45, 7) is 40.9. The molecule has 96 heavy (non-hydrogen) atoms. The summed E-state index contributed by atoms with van der Waals surface area (Å²) in [5.74, 6) is 6.41. The number of pyridine rings is 4. The van der Waals surface area contributed by atoms with E-state index >= 15 is 0 Å². The van der Waals surface area contributed by atoms with Crippen molar-refractivity contribution < 1.29 is 18.3 Å². The number of allylic oxidation sites excluding steroid dienone is 9. The first-order valence-electron chi connectivity index (χ1n) is 36.1. The Balaban J connectivity index is 0.000000589. The number of rotatable bonds is 4. The normalized spacial score (nSPS) is 19.3. The first-order chi connectivity index (χ1) is 44.9. The Morgan fingerprint density at radius 2 is 0.729 bits per heavy atom. The highest BCUT2D eigenvalue weighted by molar-refractivity contribution is 5.87. The fourth-order valence-corrected chi connectivity index (χ4v) is 13.0. The average molecular weight is 1300 g/mol. The maximum atomic E-state index is 2.48. The Labute approximate surface area is 589 Å². The summed E-state index contributed by atoms with van der Waals surface area (Å²) in [6, 6.07) is 43.8. The molecular formula is C92H136N4+4. The van der Waals surface area contributed by atoms with Crippen molar-refractivity contribution >= 4 is 50.9 Å². The Kier molecular flexibility index (Phi) is 38.0. The molecule has 520 valence electrons. The van der Waals surface area contributed by atoms with Gasteiger partial charge in [-0.3, -0.25) is 0 Å². The van der Waals surface area contributed by atoms with Gasteiger partial charge in [0.15, 0.2) is 24.8 Å². The Morgan fingerprint density at radius 3 is 1.26 bits per heavy atom. The smallest absolute Gasteiger partial charge is 0.201 e. The Morgan fingerprint density at radius 1 is 0.333 bits per heavy atom. The van der Waals surface area contributed by atoms with Gasteiger partial charge in [-0.1, -0.05) is 262 Å². The molecule has 4 nitrogen and oxygen atoms in total. The van der Waals surface area contributed by atoms with Crippen molar-refractivity contribution in [3.8, 4) is 22.5 Å². The molecule has 8 aliphatic rings. The molecule has 8 unspecified atom stereocenters. The maximum Gasteiger partial charge on any atom is 0.213 e. The quantitative estimate of drug-likeness (QED) is 0.156. The molecule has 0 N–H and O–H groups in total. The van der Waals surface area contributed by atoms with Crippen LogP contribution in [-0.2, 0) is 28.2 Å². The van der Waals surface area contributed by atoms with Crippen molar-refractivity contribution in [2.24, 2.45) is 69.6 Å². The maximum absolute atomic E-state index is 2.48. The summed E-state index contributed by atoms with van der Waals surface area (Å²) in [7, 11) is 8.62. The van der Waals surface area contributed by atoms with Crippen LogP contribution in [-0.4, -0.2) is 0 Å². The van der Waals surface area contributed by atoms with Gasteiger partial charge >= 0.3 is 0 Å². The first kappa shape index (κ1) is 86.5. The number of benzene rings is 4. The van der Waals surface area contributed by atoms with Crippen LogP contribution in [0.4, 0.5) is 0 Å². The van der Waals surface area contributed by atoms with E-state index in [1.54, 1.807) is 5.57 Å². The highest BCUT2D eigenvalue weighted by Crippen LogP contribution is 2.54. The van der Waals surface area contributed by atoms with Crippen molar-refractivity contribution in [3.05, 3.63) is 232 Å². The zero-order valence-electron chi connectivity index (χ0n) is 61.7. The fourth-order valence-electron chi connectivity index (χ4n) is 13.0. The van der Waals surface area contributed by atoms with E-state index < -0.39 is 0 Å². The standard InChI is InChI=1S/4C18H18N.8C2H6.4CH4/c1-12-7-15-8-16(15)9-17(12)18-10-13-5-3-4-6-14(13)11-19(18)2;1-12-5-3-4-6-17(12)18-10-15-8-13-7-14(13)9-16(15)11-19(18)2;1-12-7-8-14-9-16(14)18(12)17-10-13-5-3-4-6-15(13)11-19(17)2;1-12-5-3-4-6-15(12)18-10-14-8-7-13-9-16(13)17(14)11-19(18)2;8*1-2;;;;/h3-7,9-11,15-16H,8H2,1-2H3;3-6,8-11,13-14H,7H2,1-2H3;3-8,10-11,14,16H,9H2,1-2H3;3-8,10-11,13,16H,9H2,1-2H3;8*1-2H3;4*1H4/q4*+1;;;;;;;;;;;;. The lowest BCUT2D eigenvalue weighted by molar-refractivity contribution is -0.672. The molecule has 8 aromatic rings. The van der Waals surface area contributed by atoms with Gasteiger partial charge in [0.1, 0.15) is 28.2 Å². The van der Waals surface area contributed by atoms with Crippen LogP contribution in [0.3, 0.4) is 0 Å². The van der Waals surface area contributed by atoms with Gasteiger partial charge in [-0.15, -0.1) is 0 Å². The second-order valence-electron chi connectivity index (χ2n) is 23.5. The fraction of sp³-hybridized carbons (Fsp3) is 0.435. The number of fused-ring (bicyclic) bond motifs is 9. The molecule has 4 fully saturated rings. The lowest BCUT2D eigenvalue weighted by Gasteiger charge is -2.12. The molecule has 8 aliphatic carbocycles. The van der Waals surface area contributed by atoms with E-state index in [-0.39, 0.29) is 29.7 Å². The van der Waals surface area contributed by atoms with Crippen LogP contribution in [0.5, 0.6) is 0 Å².